The second-order valence-corrected chi connectivity index (χ2v) is 8.77. The standard InChI is InChI=1S/C18H24N2O.H2NO3/c1-16-6-13-7-17(2,10-16)12-18(8-13,11-16)20-15(21)14-4-3-5-19-9-14;2-1(3)4/h3-5,9,13H,6-8,10-12H2,1-2H3,(H,20,21);(H2,2,3,4)/q;+1/p-1. The molecule has 7 nitrogen and oxygen atoms in total. The summed E-state index contributed by atoms with van der Waals surface area (Å²) >= 11 is 0. The number of rotatable bonds is 2. The molecule has 4 fully saturated rings. The Morgan fingerprint density at radius 3 is 2.32 bits per heavy atom. The molecule has 7 heteroatoms. The van der Waals surface area contributed by atoms with E-state index in [2.05, 4.69) is 18.8 Å². The van der Waals surface area contributed by atoms with Crippen LogP contribution in [0.4, 0.5) is 0 Å². The minimum absolute atomic E-state index is 0.0720. The zero-order chi connectivity index (χ0) is 18.3. The van der Waals surface area contributed by atoms with E-state index < -0.39 is 5.09 Å². The van der Waals surface area contributed by atoms with Crippen LogP contribution in [0.3, 0.4) is 0 Å². The quantitative estimate of drug-likeness (QED) is 0.485. The molecule has 0 spiro atoms. The molecule has 4 aliphatic carbocycles. The normalized spacial score (nSPS) is 38.8. The van der Waals surface area contributed by atoms with Gasteiger partial charge in [0.15, 0.2) is 0 Å². The smallest absolute Gasteiger partial charge is 0.472 e. The first-order chi connectivity index (χ1) is 11.6. The van der Waals surface area contributed by atoms with Gasteiger partial charge in [-0.15, -0.1) is 0 Å². The molecular formula is C18H25N3O4. The van der Waals surface area contributed by atoms with E-state index in [4.69, 9.17) is 20.3 Å². The lowest BCUT2D eigenvalue weighted by Gasteiger charge is -2.64. The van der Waals surface area contributed by atoms with Gasteiger partial charge in [0.05, 0.1) is 5.54 Å². The average molecular weight is 347 g/mol. The van der Waals surface area contributed by atoms with Crippen LogP contribution < -0.4 is 5.11 Å². The molecular weight excluding hydrogens is 322 g/mol. The molecule has 4 bridgehead atoms. The molecule has 4 aliphatic rings. The summed E-state index contributed by atoms with van der Waals surface area (Å²) in [5, 5.41) is 25.1. The van der Waals surface area contributed by atoms with E-state index in [1.807, 2.05) is 12.1 Å². The number of hydrogen-bond donors (Lipinski definition) is 2. The van der Waals surface area contributed by atoms with Crippen LogP contribution in [0, 0.1) is 21.7 Å². The summed E-state index contributed by atoms with van der Waals surface area (Å²) in [5.41, 5.74) is 1.32. The van der Waals surface area contributed by atoms with Crippen molar-refractivity contribution in [3.05, 3.63) is 35.0 Å². The molecule has 136 valence electrons. The summed E-state index contributed by atoms with van der Waals surface area (Å²) in [5.74, 6) is 0.693. The van der Waals surface area contributed by atoms with Gasteiger partial charge in [-0.25, -0.2) is 10.4 Å². The molecule has 1 heterocycles. The van der Waals surface area contributed by atoms with E-state index >= 15 is 0 Å². The summed E-state index contributed by atoms with van der Waals surface area (Å²) < 4.78 is 0. The van der Waals surface area contributed by atoms with Gasteiger partial charge in [0.2, 0.25) is 0 Å². The van der Waals surface area contributed by atoms with E-state index in [9.17, 15) is 5.11 Å². The molecule has 0 aromatic carbocycles. The van der Waals surface area contributed by atoms with E-state index in [-0.39, 0.29) is 11.4 Å². The first-order valence-corrected chi connectivity index (χ1v) is 8.65. The van der Waals surface area contributed by atoms with E-state index in [0.29, 0.717) is 16.4 Å². The van der Waals surface area contributed by atoms with E-state index in [1.165, 1.54) is 19.3 Å². The molecule has 1 aromatic rings. The van der Waals surface area contributed by atoms with Crippen molar-refractivity contribution in [1.29, 1.82) is 0 Å². The fourth-order valence-corrected chi connectivity index (χ4v) is 6.28. The van der Waals surface area contributed by atoms with Gasteiger partial charge in [-0.1, -0.05) is 19.9 Å². The van der Waals surface area contributed by atoms with Gasteiger partial charge in [-0.2, -0.15) is 0 Å². The molecule has 1 aromatic heterocycles. The van der Waals surface area contributed by atoms with Crippen LogP contribution in [-0.4, -0.2) is 31.9 Å². The maximum Gasteiger partial charge on any atom is 0.472 e. The molecule has 25 heavy (non-hydrogen) atoms. The second kappa shape index (κ2) is 5.97. The van der Waals surface area contributed by atoms with Crippen LogP contribution in [0.1, 0.15) is 57.9 Å². The Kier molecular flexibility index (Phi) is 4.21. The van der Waals surface area contributed by atoms with Gasteiger partial charge in [0.25, 0.3) is 0 Å². The molecule has 2 unspecified atom stereocenters. The van der Waals surface area contributed by atoms with Crippen molar-refractivity contribution in [2.24, 2.45) is 21.7 Å². The van der Waals surface area contributed by atoms with E-state index in [0.717, 1.165) is 25.2 Å². The molecule has 2 N–H and O–H groups in total. The highest BCUT2D eigenvalue weighted by molar-refractivity contribution is 5.90. The third-order valence-electron chi connectivity index (χ3n) is 5.84. The number of aromatic nitrogens is 1. The molecule has 0 radical (unpaired) electrons. The fraction of sp³-hybridized carbons (Fsp3) is 0.667. The zero-order valence-electron chi connectivity index (χ0n) is 14.7. The number of pyridine rings is 1. The Hall–Kier alpha value is -2.18. The van der Waals surface area contributed by atoms with Crippen LogP contribution in [0.15, 0.2) is 29.5 Å². The fourth-order valence-electron chi connectivity index (χ4n) is 6.28. The summed E-state index contributed by atoms with van der Waals surface area (Å²) in [7, 11) is 0. The molecule has 5 rings (SSSR count). The molecule has 0 amide bonds. The summed E-state index contributed by atoms with van der Waals surface area (Å²) in [6.07, 6.45) is 10.6. The first kappa shape index (κ1) is 17.6. The Balaban J connectivity index is 0.000000415. The highest BCUT2D eigenvalue weighted by Gasteiger charge is 2.60. The number of aliphatic imine (C=N–C) groups is 1. The third kappa shape index (κ3) is 3.75. The minimum Gasteiger partial charge on any atom is -0.858 e. The van der Waals surface area contributed by atoms with Crippen LogP contribution in [0.5, 0.6) is 0 Å². The first-order valence-electron chi connectivity index (χ1n) is 8.65. The zero-order valence-corrected chi connectivity index (χ0v) is 14.7. The third-order valence-corrected chi connectivity index (χ3v) is 5.84. The second-order valence-electron chi connectivity index (χ2n) is 8.77. The van der Waals surface area contributed by atoms with Crippen LogP contribution >= 0.6 is 0 Å². The van der Waals surface area contributed by atoms with E-state index in [1.54, 1.807) is 12.4 Å². The number of hydrogen-bond acceptors (Lipinski definition) is 4. The topological polar surface area (TPSA) is 109 Å². The highest BCUT2D eigenvalue weighted by atomic mass is 16.9. The lowest BCUT2D eigenvalue weighted by Crippen LogP contribution is -2.58. The summed E-state index contributed by atoms with van der Waals surface area (Å²) in [6, 6.07) is 3.63. The van der Waals surface area contributed by atoms with Crippen molar-refractivity contribution in [3.63, 3.8) is 0 Å². The average Bonchev–Trinajstić information content (AvgIpc) is 2.43. The lowest BCUT2D eigenvalue weighted by atomic mass is 9.43. The largest absolute Gasteiger partial charge is 0.858 e. The van der Waals surface area contributed by atoms with Crippen molar-refractivity contribution in [2.45, 2.75) is 57.9 Å². The monoisotopic (exact) mass is 347 g/mol. The van der Waals surface area contributed by atoms with Gasteiger partial charge >= 0.3 is 5.09 Å². The van der Waals surface area contributed by atoms with Gasteiger partial charge in [0.1, 0.15) is 4.91 Å². The van der Waals surface area contributed by atoms with Gasteiger partial charge in [-0.05, 0) is 67.2 Å². The molecule has 4 saturated carbocycles. The van der Waals surface area contributed by atoms with Crippen LogP contribution in [0.25, 0.3) is 0 Å². The molecule has 0 aliphatic heterocycles. The summed E-state index contributed by atoms with van der Waals surface area (Å²) in [4.78, 5) is 17.3. The van der Waals surface area contributed by atoms with Crippen LogP contribution in [-0.2, 0) is 0 Å². The van der Waals surface area contributed by atoms with Gasteiger partial charge in [0, 0.05) is 18.0 Å². The lowest BCUT2D eigenvalue weighted by molar-refractivity contribution is -0.969. The van der Waals surface area contributed by atoms with Crippen molar-refractivity contribution < 1.29 is 20.6 Å². The van der Waals surface area contributed by atoms with Gasteiger partial charge in [-0.3, -0.25) is 9.98 Å². The van der Waals surface area contributed by atoms with Crippen molar-refractivity contribution in [2.75, 3.05) is 0 Å². The maximum atomic E-state index is 12.5. The Morgan fingerprint density at radius 2 is 1.84 bits per heavy atom. The maximum absolute atomic E-state index is 12.5. The Morgan fingerprint density at radius 1 is 1.24 bits per heavy atom. The summed E-state index contributed by atoms with van der Waals surface area (Å²) in [6.45, 7) is 4.82. The predicted molar refractivity (Wildman–Crippen MR) is 88.1 cm³/mol. The minimum atomic E-state index is -1.25. The highest BCUT2D eigenvalue weighted by Crippen LogP contribution is 2.67. The Bertz CT molecular complexity index is 669. The Labute approximate surface area is 146 Å². The van der Waals surface area contributed by atoms with Crippen molar-refractivity contribution in [3.8, 4) is 0 Å². The van der Waals surface area contributed by atoms with Gasteiger partial charge < -0.3 is 5.11 Å². The SMILES string of the molecule is CC12CC3CC(C)(C1)CC(N=C([O-])c1cccnc1)(C3)C2.O=[N+](O)O. The van der Waals surface area contributed by atoms with Crippen LogP contribution in [0.2, 0.25) is 0 Å². The molecule has 2 atom stereocenters. The van der Waals surface area contributed by atoms with Crippen molar-refractivity contribution in [1.82, 2.24) is 4.98 Å². The van der Waals surface area contributed by atoms with Crippen molar-refractivity contribution >= 4 is 5.90 Å². The number of nitrogens with zero attached hydrogens (tertiary/aromatic N) is 3. The molecule has 0 saturated heterocycles. The predicted octanol–water partition coefficient (Wildman–Crippen LogP) is 2.48.